The number of carbonyl (C=O) groups is 1. The smallest absolute Gasteiger partial charge is 0.489 e. The summed E-state index contributed by atoms with van der Waals surface area (Å²) in [6.07, 6.45) is -3.19. The van der Waals surface area contributed by atoms with Crippen molar-refractivity contribution in [2.75, 3.05) is 36.6 Å². The first-order valence-corrected chi connectivity index (χ1v) is 10.2. The van der Waals surface area contributed by atoms with E-state index >= 15 is 0 Å². The van der Waals surface area contributed by atoms with E-state index in [0.717, 1.165) is 12.1 Å². The molecule has 0 spiro atoms. The van der Waals surface area contributed by atoms with Crippen molar-refractivity contribution in [1.82, 2.24) is 4.98 Å². The number of anilines is 3. The van der Waals surface area contributed by atoms with Crippen LogP contribution in [0, 0.1) is 0 Å². The van der Waals surface area contributed by atoms with Crippen LogP contribution in [0.2, 0.25) is 0 Å². The summed E-state index contributed by atoms with van der Waals surface area (Å²) in [4.78, 5) is 19.2. The lowest BCUT2D eigenvalue weighted by Gasteiger charge is -2.32. The van der Waals surface area contributed by atoms with Gasteiger partial charge < -0.3 is 29.5 Å². The Morgan fingerprint density at radius 1 is 1.15 bits per heavy atom. The number of nitrogens with zero attached hydrogens (tertiary/aromatic N) is 2. The van der Waals surface area contributed by atoms with Gasteiger partial charge in [0.15, 0.2) is 17.3 Å². The molecule has 1 aliphatic heterocycles. The predicted molar refractivity (Wildman–Crippen MR) is 117 cm³/mol. The maximum Gasteiger partial charge on any atom is 0.573 e. The van der Waals surface area contributed by atoms with Gasteiger partial charge in [0.05, 0.1) is 24.4 Å². The molecule has 0 atom stereocenters. The second-order valence-electron chi connectivity index (χ2n) is 7.08. The Morgan fingerprint density at radius 2 is 1.94 bits per heavy atom. The van der Waals surface area contributed by atoms with Gasteiger partial charge in [-0.15, -0.1) is 13.2 Å². The molecule has 0 bridgehead atoms. The zero-order chi connectivity index (χ0) is 24.1. The van der Waals surface area contributed by atoms with Gasteiger partial charge >= 0.3 is 6.36 Å². The fourth-order valence-electron chi connectivity index (χ4n) is 3.44. The molecule has 0 saturated heterocycles. The molecule has 0 saturated carbocycles. The Kier molecular flexibility index (Phi) is 6.73. The second-order valence-corrected chi connectivity index (χ2v) is 7.08. The molecular weight excluding hydrogens is 455 g/mol. The van der Waals surface area contributed by atoms with Crippen LogP contribution in [0.1, 0.15) is 10.4 Å². The van der Waals surface area contributed by atoms with E-state index in [1.54, 1.807) is 36.5 Å². The largest absolute Gasteiger partial charge is 0.573 e. The van der Waals surface area contributed by atoms with Crippen molar-refractivity contribution in [2.24, 2.45) is 0 Å². The number of fused-ring (bicyclic) bond motifs is 1. The summed E-state index contributed by atoms with van der Waals surface area (Å²) >= 11 is 0. The second kappa shape index (κ2) is 9.87. The molecule has 2 N–H and O–H groups in total. The molecule has 3 aromatic rings. The van der Waals surface area contributed by atoms with Gasteiger partial charge in [0, 0.05) is 11.9 Å². The van der Waals surface area contributed by atoms with Gasteiger partial charge in [-0.25, -0.2) is 4.98 Å². The molecule has 1 amide bonds. The molecular formula is C23H20F3N3O5. The lowest BCUT2D eigenvalue weighted by molar-refractivity contribution is -0.274. The van der Waals surface area contributed by atoms with Crippen LogP contribution in [-0.4, -0.2) is 48.7 Å². The average molecular weight is 475 g/mol. The number of alkyl halides is 3. The van der Waals surface area contributed by atoms with Gasteiger partial charge in [-0.1, -0.05) is 6.07 Å². The van der Waals surface area contributed by atoms with Gasteiger partial charge in [-0.2, -0.15) is 0 Å². The maximum atomic E-state index is 13.0. The van der Waals surface area contributed by atoms with E-state index in [0.29, 0.717) is 29.5 Å². The first-order valence-electron chi connectivity index (χ1n) is 10.2. The van der Waals surface area contributed by atoms with Crippen molar-refractivity contribution < 1.29 is 37.3 Å². The van der Waals surface area contributed by atoms with Gasteiger partial charge in [-0.3, -0.25) is 4.79 Å². The normalized spacial score (nSPS) is 13.0. The Labute approximate surface area is 192 Å². The molecule has 1 aromatic heterocycles. The van der Waals surface area contributed by atoms with Crippen molar-refractivity contribution >= 4 is 23.1 Å². The molecule has 178 valence electrons. The number of aliphatic hydroxyl groups excluding tert-OH is 1. The summed E-state index contributed by atoms with van der Waals surface area (Å²) in [5.41, 5.74) is 1.13. The van der Waals surface area contributed by atoms with Crippen LogP contribution in [0.3, 0.4) is 0 Å². The molecule has 1 aliphatic rings. The lowest BCUT2D eigenvalue weighted by Crippen LogP contribution is -2.31. The van der Waals surface area contributed by atoms with Crippen molar-refractivity contribution in [3.63, 3.8) is 0 Å². The van der Waals surface area contributed by atoms with E-state index in [1.165, 1.54) is 12.1 Å². The number of rotatable bonds is 7. The van der Waals surface area contributed by atoms with Crippen molar-refractivity contribution in [2.45, 2.75) is 6.36 Å². The van der Waals surface area contributed by atoms with Crippen molar-refractivity contribution in [3.05, 3.63) is 66.4 Å². The van der Waals surface area contributed by atoms with Crippen LogP contribution in [0.5, 0.6) is 17.2 Å². The molecule has 0 aliphatic carbocycles. The third-order valence-corrected chi connectivity index (χ3v) is 4.79. The Hall–Kier alpha value is -3.99. The van der Waals surface area contributed by atoms with Gasteiger partial charge in [0.2, 0.25) is 0 Å². The number of nitrogens with one attached hydrogen (secondary N) is 1. The molecule has 4 rings (SSSR count). The van der Waals surface area contributed by atoms with Gasteiger partial charge in [-0.05, 0) is 48.5 Å². The number of amides is 1. The van der Waals surface area contributed by atoms with E-state index in [9.17, 15) is 18.0 Å². The molecule has 0 radical (unpaired) electrons. The van der Waals surface area contributed by atoms with Crippen molar-refractivity contribution in [1.29, 1.82) is 0 Å². The number of benzene rings is 2. The first-order chi connectivity index (χ1) is 16.4. The van der Waals surface area contributed by atoms with Gasteiger partial charge in [0.25, 0.3) is 5.91 Å². The number of hydrogen-bond donors (Lipinski definition) is 2. The zero-order valence-corrected chi connectivity index (χ0v) is 17.7. The number of aromatic nitrogens is 1. The van der Waals surface area contributed by atoms with Crippen LogP contribution in [0.15, 0.2) is 60.8 Å². The molecule has 2 aromatic carbocycles. The summed E-state index contributed by atoms with van der Waals surface area (Å²) in [6.45, 7) is 0.675. The number of aliphatic hydroxyl groups is 1. The highest BCUT2D eigenvalue weighted by molar-refractivity contribution is 6.07. The molecule has 0 unspecified atom stereocenters. The minimum absolute atomic E-state index is 0.102. The summed E-state index contributed by atoms with van der Waals surface area (Å²) in [5.74, 6) is 0.429. The van der Waals surface area contributed by atoms with Gasteiger partial charge in [0.1, 0.15) is 19.0 Å². The minimum atomic E-state index is -4.80. The molecule has 11 heteroatoms. The lowest BCUT2D eigenvalue weighted by atomic mass is 10.1. The highest BCUT2D eigenvalue weighted by Crippen LogP contribution is 2.41. The average Bonchev–Trinajstić information content (AvgIpc) is 2.82. The van der Waals surface area contributed by atoms with E-state index in [2.05, 4.69) is 15.0 Å². The number of hydrogen-bond acceptors (Lipinski definition) is 7. The highest BCUT2D eigenvalue weighted by Gasteiger charge is 2.31. The summed E-state index contributed by atoms with van der Waals surface area (Å²) in [5, 5.41) is 11.7. The van der Waals surface area contributed by atoms with E-state index in [1.807, 2.05) is 4.90 Å². The van der Waals surface area contributed by atoms with Crippen molar-refractivity contribution in [3.8, 4) is 17.2 Å². The Morgan fingerprint density at radius 3 is 2.68 bits per heavy atom. The Bertz CT molecular complexity index is 1160. The molecule has 34 heavy (non-hydrogen) atoms. The zero-order valence-electron chi connectivity index (χ0n) is 17.7. The summed E-state index contributed by atoms with van der Waals surface area (Å²) in [7, 11) is 0. The van der Waals surface area contributed by atoms with Crippen LogP contribution in [-0.2, 0) is 0 Å². The fraction of sp³-hybridized carbons (Fsp3) is 0.217. The summed E-state index contributed by atoms with van der Waals surface area (Å²) in [6, 6.07) is 13.3. The number of ether oxygens (including phenoxy) is 3. The molecule has 0 fully saturated rings. The minimum Gasteiger partial charge on any atom is -0.489 e. The standard InChI is InChI=1S/C23H20F3N3O5/c24-23(25,26)34-16-8-6-15(7-9-16)28-22(31)17-3-1-4-18-20(17)33-13-11-29(18)21-19(32-14-12-30)5-2-10-27-21/h1-10,30H,11-14H2,(H,28,31). The van der Waals surface area contributed by atoms with E-state index in [4.69, 9.17) is 14.6 Å². The molecule has 8 nitrogen and oxygen atoms in total. The van der Waals surface area contributed by atoms with Crippen LogP contribution >= 0.6 is 0 Å². The highest BCUT2D eigenvalue weighted by atomic mass is 19.4. The third-order valence-electron chi connectivity index (χ3n) is 4.79. The summed E-state index contributed by atoms with van der Waals surface area (Å²) < 4.78 is 52.3. The third kappa shape index (κ3) is 5.31. The quantitative estimate of drug-likeness (QED) is 0.531. The number of pyridine rings is 1. The number of halogens is 3. The van der Waals surface area contributed by atoms with Crippen LogP contribution in [0.4, 0.5) is 30.4 Å². The Balaban J connectivity index is 1.57. The SMILES string of the molecule is O=C(Nc1ccc(OC(F)(F)F)cc1)c1cccc2c1OCCN2c1ncccc1OCCO. The first kappa shape index (κ1) is 23.2. The van der Waals surface area contributed by atoms with Crippen LogP contribution in [0.25, 0.3) is 0 Å². The number of carbonyl (C=O) groups excluding carboxylic acids is 1. The van der Waals surface area contributed by atoms with E-state index in [-0.39, 0.29) is 31.1 Å². The molecule has 2 heterocycles. The topological polar surface area (TPSA) is 93.2 Å². The van der Waals surface area contributed by atoms with Crippen LogP contribution < -0.4 is 24.4 Å². The van der Waals surface area contributed by atoms with E-state index < -0.39 is 18.0 Å². The maximum absolute atomic E-state index is 13.0. The fourth-order valence-corrected chi connectivity index (χ4v) is 3.44. The monoisotopic (exact) mass is 475 g/mol. The number of para-hydroxylation sites is 1. The predicted octanol–water partition coefficient (Wildman–Crippen LogP) is 4.13.